The van der Waals surface area contributed by atoms with Gasteiger partial charge in [-0.3, -0.25) is 14.4 Å². The highest BCUT2D eigenvalue weighted by Gasteiger charge is 2.38. The van der Waals surface area contributed by atoms with Crippen molar-refractivity contribution in [3.05, 3.63) is 11.1 Å². The van der Waals surface area contributed by atoms with E-state index in [1.54, 1.807) is 62.3 Å². The van der Waals surface area contributed by atoms with Gasteiger partial charge in [0.2, 0.25) is 11.6 Å². The Morgan fingerprint density at radius 1 is 0.886 bits per heavy atom. The van der Waals surface area contributed by atoms with Gasteiger partial charge >= 0.3 is 12.1 Å². The highest BCUT2D eigenvalue weighted by molar-refractivity contribution is 6.45. The number of carbonyl (C=O) groups is 4. The number of hydrogen-bond acceptors (Lipinski definition) is 6. The van der Waals surface area contributed by atoms with Crippen LogP contribution in [-0.4, -0.2) is 41.4 Å². The van der Waals surface area contributed by atoms with Gasteiger partial charge in [0.1, 0.15) is 11.7 Å². The molecule has 0 aromatic carbocycles. The van der Waals surface area contributed by atoms with E-state index in [4.69, 9.17) is 9.47 Å². The topological polar surface area (TPSA) is 98.8 Å². The molecule has 0 saturated carbocycles. The van der Waals surface area contributed by atoms with Gasteiger partial charge in [0.25, 0.3) is 0 Å². The molecule has 0 bridgehead atoms. The molecule has 0 fully saturated rings. The van der Waals surface area contributed by atoms with Crippen LogP contribution in [0.2, 0.25) is 0 Å². The summed E-state index contributed by atoms with van der Waals surface area (Å²) in [6, 6.07) is -0.477. The van der Waals surface area contributed by atoms with Gasteiger partial charge in [0.15, 0.2) is 0 Å². The van der Waals surface area contributed by atoms with Gasteiger partial charge in [-0.2, -0.15) is 0 Å². The molecule has 7 heteroatoms. The first-order valence-electron chi connectivity index (χ1n) is 12.7. The predicted octanol–water partition coefficient (Wildman–Crippen LogP) is 6.04. The van der Waals surface area contributed by atoms with Crippen LogP contribution in [-0.2, 0) is 23.9 Å². The number of alkyl carbamates (subject to hydrolysis) is 1. The van der Waals surface area contributed by atoms with Crippen molar-refractivity contribution in [3.63, 3.8) is 0 Å². The van der Waals surface area contributed by atoms with E-state index in [-0.39, 0.29) is 11.8 Å². The summed E-state index contributed by atoms with van der Waals surface area (Å²) in [6.45, 7) is 23.6. The third-order valence-electron chi connectivity index (χ3n) is 6.87. The maximum absolute atomic E-state index is 13.0. The number of rotatable bonds is 12. The summed E-state index contributed by atoms with van der Waals surface area (Å²) >= 11 is 0. The molecule has 1 N–H and O–H groups in total. The largest absolute Gasteiger partial charge is 0.458 e. The highest BCUT2D eigenvalue weighted by atomic mass is 16.6. The second kappa shape index (κ2) is 13.2. The fraction of sp³-hybridized carbons (Fsp3) is 0.786. The number of carbonyl (C=O) groups excluding carboxylic acids is 4. The van der Waals surface area contributed by atoms with Gasteiger partial charge < -0.3 is 14.8 Å². The van der Waals surface area contributed by atoms with E-state index in [1.807, 2.05) is 27.7 Å². The summed E-state index contributed by atoms with van der Waals surface area (Å²) in [5.74, 6) is -1.84. The van der Waals surface area contributed by atoms with Crippen molar-refractivity contribution >= 4 is 23.6 Å². The molecule has 0 rings (SSSR count). The third kappa shape index (κ3) is 10.1. The van der Waals surface area contributed by atoms with Gasteiger partial charge in [-0.15, -0.1) is 0 Å². The Labute approximate surface area is 212 Å². The summed E-state index contributed by atoms with van der Waals surface area (Å²) in [6.07, 6.45) is 0.0645. The molecule has 7 nitrogen and oxygen atoms in total. The number of allylic oxidation sites excluding steroid dienone is 1. The summed E-state index contributed by atoms with van der Waals surface area (Å²) in [5, 5.41) is 2.80. The Kier molecular flexibility index (Phi) is 12.4. The van der Waals surface area contributed by atoms with E-state index in [0.29, 0.717) is 17.6 Å². The molecule has 0 aliphatic rings. The molecular weight excluding hydrogens is 446 g/mol. The molecule has 1 unspecified atom stereocenters. The first kappa shape index (κ1) is 32.8. The fourth-order valence-corrected chi connectivity index (χ4v) is 3.57. The predicted molar refractivity (Wildman–Crippen MR) is 139 cm³/mol. The van der Waals surface area contributed by atoms with Crippen LogP contribution in [0.5, 0.6) is 0 Å². The SMILES string of the molecule is CC[C@H](C)C(C)(C)C(=O)C(=O)/C(C)=C(\C)[C@H](C)OC(=O)C(C)[C@H](CC(C)C)NC(=O)OC(C)(C)C. The minimum absolute atomic E-state index is 0.0542. The van der Waals surface area contributed by atoms with Crippen molar-refractivity contribution in [2.75, 3.05) is 0 Å². The zero-order valence-electron chi connectivity index (χ0n) is 24.3. The zero-order valence-corrected chi connectivity index (χ0v) is 24.3. The Balaban J connectivity index is 5.56. The molecule has 202 valence electrons. The second-order valence-corrected chi connectivity index (χ2v) is 11.7. The second-order valence-electron chi connectivity index (χ2n) is 11.7. The van der Waals surface area contributed by atoms with E-state index in [9.17, 15) is 19.2 Å². The fourth-order valence-electron chi connectivity index (χ4n) is 3.57. The summed E-state index contributed by atoms with van der Waals surface area (Å²) in [7, 11) is 0. The maximum Gasteiger partial charge on any atom is 0.407 e. The first-order valence-corrected chi connectivity index (χ1v) is 12.7. The normalized spacial score (nSPS) is 16.5. The number of amides is 1. The summed E-state index contributed by atoms with van der Waals surface area (Å²) in [5.41, 5.74) is -0.606. The average molecular weight is 496 g/mol. The number of hydrogen-bond donors (Lipinski definition) is 1. The Bertz CT molecular complexity index is 803. The zero-order chi connectivity index (χ0) is 27.9. The molecule has 0 spiro atoms. The minimum atomic E-state index is -0.779. The monoisotopic (exact) mass is 495 g/mol. The van der Waals surface area contributed by atoms with Crippen molar-refractivity contribution < 1.29 is 28.7 Å². The number of ether oxygens (including phenoxy) is 2. The highest BCUT2D eigenvalue weighted by Crippen LogP contribution is 2.31. The van der Waals surface area contributed by atoms with Gasteiger partial charge in [-0.1, -0.05) is 48.0 Å². The Morgan fingerprint density at radius 3 is 1.83 bits per heavy atom. The van der Waals surface area contributed by atoms with Crippen molar-refractivity contribution in [2.45, 2.75) is 121 Å². The smallest absolute Gasteiger partial charge is 0.407 e. The molecule has 4 atom stereocenters. The Morgan fingerprint density at radius 2 is 1.40 bits per heavy atom. The first-order chi connectivity index (χ1) is 15.8. The van der Waals surface area contributed by atoms with Crippen molar-refractivity contribution in [1.82, 2.24) is 5.32 Å². The van der Waals surface area contributed by atoms with Crippen molar-refractivity contribution in [3.8, 4) is 0 Å². The van der Waals surface area contributed by atoms with E-state index in [0.717, 1.165) is 6.42 Å². The van der Waals surface area contributed by atoms with Crippen LogP contribution >= 0.6 is 0 Å². The molecule has 0 saturated heterocycles. The van der Waals surface area contributed by atoms with E-state index < -0.39 is 52.7 Å². The van der Waals surface area contributed by atoms with Crippen LogP contribution in [0, 0.1) is 23.2 Å². The molecule has 0 radical (unpaired) electrons. The van der Waals surface area contributed by atoms with Crippen molar-refractivity contribution in [2.24, 2.45) is 23.2 Å². The van der Waals surface area contributed by atoms with Gasteiger partial charge in [0.05, 0.1) is 5.92 Å². The van der Waals surface area contributed by atoms with E-state index in [1.165, 1.54) is 0 Å². The molecule has 0 aliphatic heterocycles. The van der Waals surface area contributed by atoms with Crippen LogP contribution in [0.15, 0.2) is 11.1 Å². The molecule has 1 amide bonds. The standard InChI is InChI=1S/C28H49NO6/c1-14-17(4)28(12,13)24(31)23(30)19(6)18(5)21(8)34-25(32)20(7)22(15-16(2)3)29-26(33)35-27(9,10)11/h16-17,20-22H,14-15H2,1-13H3,(H,29,33)/b19-18+/t17-,20?,21-,22-/m0/s1. The van der Waals surface area contributed by atoms with Crippen LogP contribution in [0.1, 0.15) is 103 Å². The molecule has 35 heavy (non-hydrogen) atoms. The van der Waals surface area contributed by atoms with Crippen LogP contribution in [0.25, 0.3) is 0 Å². The molecule has 0 aromatic rings. The van der Waals surface area contributed by atoms with Crippen molar-refractivity contribution in [1.29, 1.82) is 0 Å². The number of esters is 1. The maximum atomic E-state index is 13.0. The summed E-state index contributed by atoms with van der Waals surface area (Å²) in [4.78, 5) is 51.1. The van der Waals surface area contributed by atoms with Gasteiger partial charge in [0, 0.05) is 17.0 Å². The minimum Gasteiger partial charge on any atom is -0.458 e. The summed E-state index contributed by atoms with van der Waals surface area (Å²) < 4.78 is 11.0. The van der Waals surface area contributed by atoms with E-state index >= 15 is 0 Å². The average Bonchev–Trinajstić information content (AvgIpc) is 2.73. The lowest BCUT2D eigenvalue weighted by Gasteiger charge is -2.29. The van der Waals surface area contributed by atoms with Gasteiger partial charge in [-0.05, 0) is 72.3 Å². The molecule has 0 heterocycles. The van der Waals surface area contributed by atoms with E-state index in [2.05, 4.69) is 5.32 Å². The van der Waals surface area contributed by atoms with Crippen LogP contribution in [0.4, 0.5) is 4.79 Å². The quantitative estimate of drug-likeness (QED) is 0.201. The lowest BCUT2D eigenvalue weighted by Crippen LogP contribution is -2.46. The molecule has 0 aliphatic carbocycles. The lowest BCUT2D eigenvalue weighted by molar-refractivity contribution is -0.152. The Hall–Kier alpha value is -2.18. The lowest BCUT2D eigenvalue weighted by atomic mass is 9.73. The number of ketones is 2. The molecule has 0 aromatic heterocycles. The third-order valence-corrected chi connectivity index (χ3v) is 6.87. The molecular formula is C28H49NO6. The van der Waals surface area contributed by atoms with Gasteiger partial charge in [-0.25, -0.2) is 4.79 Å². The number of Topliss-reactive ketones (excluding diaryl/α,β-unsaturated/α-hetero) is 2. The van der Waals surface area contributed by atoms with Crippen LogP contribution in [0.3, 0.4) is 0 Å². The number of nitrogens with one attached hydrogen (secondary N) is 1. The van der Waals surface area contributed by atoms with Crippen LogP contribution < -0.4 is 5.32 Å².